The molecule has 0 unspecified atom stereocenters. The lowest BCUT2D eigenvalue weighted by atomic mass is 9.77. The van der Waals surface area contributed by atoms with Crippen molar-refractivity contribution in [3.63, 3.8) is 0 Å². The highest BCUT2D eigenvalue weighted by atomic mass is 19.1. The molecule has 2 saturated carbocycles. The van der Waals surface area contributed by atoms with Gasteiger partial charge in [0.15, 0.2) is 22.9 Å². The zero-order valence-corrected chi connectivity index (χ0v) is 13.7. The first-order valence-electron chi connectivity index (χ1n) is 8.03. The van der Waals surface area contributed by atoms with E-state index in [1.807, 2.05) is 27.7 Å². The summed E-state index contributed by atoms with van der Waals surface area (Å²) in [5.41, 5.74) is -2.82. The Balaban J connectivity index is 0.000000211. The summed E-state index contributed by atoms with van der Waals surface area (Å²) in [7, 11) is 0. The van der Waals surface area contributed by atoms with Gasteiger partial charge in [-0.25, -0.2) is 8.78 Å². The molecule has 0 N–H and O–H groups in total. The Labute approximate surface area is 126 Å². The second-order valence-corrected chi connectivity index (χ2v) is 7.33. The van der Waals surface area contributed by atoms with Gasteiger partial charge in [-0.3, -0.25) is 9.59 Å². The van der Waals surface area contributed by atoms with E-state index in [1.165, 1.54) is 0 Å². The molecular weight excluding hydrogens is 274 g/mol. The largest absolute Gasteiger partial charge is 0.296 e. The first-order chi connectivity index (χ1) is 9.59. The molecule has 2 aliphatic rings. The van der Waals surface area contributed by atoms with Crippen molar-refractivity contribution in [2.45, 2.75) is 84.0 Å². The van der Waals surface area contributed by atoms with Crippen LogP contribution in [0, 0.1) is 11.8 Å². The maximum Gasteiger partial charge on any atom is 0.170 e. The van der Waals surface area contributed by atoms with Crippen molar-refractivity contribution in [3.8, 4) is 0 Å². The molecule has 21 heavy (non-hydrogen) atoms. The monoisotopic (exact) mass is 302 g/mol. The minimum Gasteiger partial charge on any atom is -0.296 e. The normalized spacial score (nSPS) is 21.3. The van der Waals surface area contributed by atoms with Gasteiger partial charge in [0.25, 0.3) is 0 Å². The summed E-state index contributed by atoms with van der Waals surface area (Å²) in [6, 6.07) is 0. The molecule has 0 aromatic carbocycles. The second-order valence-electron chi connectivity index (χ2n) is 7.33. The van der Waals surface area contributed by atoms with Crippen LogP contribution in [0.1, 0.15) is 72.6 Å². The topological polar surface area (TPSA) is 34.1 Å². The molecule has 0 bridgehead atoms. The van der Waals surface area contributed by atoms with Crippen molar-refractivity contribution in [1.82, 2.24) is 0 Å². The number of carbonyl (C=O) groups excluding carboxylic acids is 2. The standard InChI is InChI=1S/C9H15FO.C8H13FO/c1-7(2)6-8(11)9(10)4-3-5-9;1-6(2)5-7(10)8(9)3-4-8/h7H,3-6H2,1-2H3;6H,3-5H2,1-2H3. The van der Waals surface area contributed by atoms with Gasteiger partial charge in [0.2, 0.25) is 0 Å². The predicted molar refractivity (Wildman–Crippen MR) is 79.7 cm³/mol. The molecular formula is C17H28F2O2. The predicted octanol–water partition coefficient (Wildman–Crippen LogP) is 4.60. The molecule has 2 nitrogen and oxygen atoms in total. The first kappa shape index (κ1) is 18.2. The van der Waals surface area contributed by atoms with Crippen LogP contribution in [0.5, 0.6) is 0 Å². The third-order valence-corrected chi connectivity index (χ3v) is 4.02. The SMILES string of the molecule is CC(C)CC(=O)C1(F)CC1.CC(C)CC(=O)C1(F)CCC1. The van der Waals surface area contributed by atoms with Gasteiger partial charge in [0, 0.05) is 12.8 Å². The third-order valence-electron chi connectivity index (χ3n) is 4.02. The van der Waals surface area contributed by atoms with Gasteiger partial charge < -0.3 is 0 Å². The number of ketones is 2. The van der Waals surface area contributed by atoms with E-state index < -0.39 is 11.3 Å². The van der Waals surface area contributed by atoms with Crippen molar-refractivity contribution in [2.24, 2.45) is 11.8 Å². The van der Waals surface area contributed by atoms with Gasteiger partial charge in [-0.1, -0.05) is 27.7 Å². The Morgan fingerprint density at radius 2 is 1.14 bits per heavy atom. The summed E-state index contributed by atoms with van der Waals surface area (Å²) in [6.07, 6.45) is 3.50. The third kappa shape index (κ3) is 5.48. The van der Waals surface area contributed by atoms with E-state index in [4.69, 9.17) is 0 Å². The Bertz CT molecular complexity index is 380. The molecule has 0 radical (unpaired) electrons. The highest BCUT2D eigenvalue weighted by molar-refractivity contribution is 5.90. The van der Waals surface area contributed by atoms with E-state index in [0.717, 1.165) is 6.42 Å². The summed E-state index contributed by atoms with van der Waals surface area (Å²) in [5, 5.41) is 0. The van der Waals surface area contributed by atoms with E-state index >= 15 is 0 Å². The highest BCUT2D eigenvalue weighted by Crippen LogP contribution is 2.42. The Kier molecular flexibility index (Phi) is 6.06. The Morgan fingerprint density at radius 3 is 1.33 bits per heavy atom. The number of hydrogen-bond donors (Lipinski definition) is 0. The zero-order valence-electron chi connectivity index (χ0n) is 13.7. The Morgan fingerprint density at radius 1 is 0.810 bits per heavy atom. The van der Waals surface area contributed by atoms with Crippen LogP contribution in [0.15, 0.2) is 0 Å². The van der Waals surface area contributed by atoms with Gasteiger partial charge in [-0.05, 0) is 43.9 Å². The van der Waals surface area contributed by atoms with E-state index in [-0.39, 0.29) is 17.5 Å². The number of rotatable bonds is 6. The molecule has 0 atom stereocenters. The lowest BCUT2D eigenvalue weighted by Gasteiger charge is -2.32. The summed E-state index contributed by atoms with van der Waals surface area (Å²) in [6.45, 7) is 7.76. The number of alkyl halides is 2. The van der Waals surface area contributed by atoms with Crippen molar-refractivity contribution >= 4 is 11.6 Å². The van der Waals surface area contributed by atoms with Crippen LogP contribution in [-0.4, -0.2) is 22.9 Å². The fourth-order valence-corrected chi connectivity index (χ4v) is 2.26. The van der Waals surface area contributed by atoms with E-state index in [9.17, 15) is 18.4 Å². The van der Waals surface area contributed by atoms with Crippen LogP contribution in [0.3, 0.4) is 0 Å². The van der Waals surface area contributed by atoms with Crippen LogP contribution >= 0.6 is 0 Å². The lowest BCUT2D eigenvalue weighted by molar-refractivity contribution is -0.136. The molecule has 0 heterocycles. The molecule has 2 aliphatic carbocycles. The Hall–Kier alpha value is -0.800. The average molecular weight is 302 g/mol. The van der Waals surface area contributed by atoms with Gasteiger partial charge in [0.05, 0.1) is 0 Å². The fourth-order valence-electron chi connectivity index (χ4n) is 2.26. The molecule has 4 heteroatoms. The molecule has 122 valence electrons. The van der Waals surface area contributed by atoms with E-state index in [2.05, 4.69) is 0 Å². The fraction of sp³-hybridized carbons (Fsp3) is 0.882. The average Bonchev–Trinajstić information content (AvgIpc) is 3.04. The molecule has 0 amide bonds. The number of carbonyl (C=O) groups is 2. The minimum absolute atomic E-state index is 0.182. The van der Waals surface area contributed by atoms with Gasteiger partial charge in [-0.15, -0.1) is 0 Å². The van der Waals surface area contributed by atoms with Crippen LogP contribution in [0.4, 0.5) is 8.78 Å². The number of hydrogen-bond acceptors (Lipinski definition) is 2. The van der Waals surface area contributed by atoms with Gasteiger partial charge >= 0.3 is 0 Å². The minimum atomic E-state index is -1.43. The molecule has 0 saturated heterocycles. The highest BCUT2D eigenvalue weighted by Gasteiger charge is 2.49. The van der Waals surface area contributed by atoms with Crippen LogP contribution in [0.2, 0.25) is 0 Å². The summed E-state index contributed by atoms with van der Waals surface area (Å²) >= 11 is 0. The first-order valence-corrected chi connectivity index (χ1v) is 8.03. The van der Waals surface area contributed by atoms with Crippen molar-refractivity contribution < 1.29 is 18.4 Å². The molecule has 0 aromatic heterocycles. The maximum atomic E-state index is 13.3. The molecule has 2 rings (SSSR count). The molecule has 0 spiro atoms. The summed E-state index contributed by atoms with van der Waals surface area (Å²) < 4.78 is 26.2. The molecule has 2 fully saturated rings. The number of Topliss-reactive ketones (excluding diaryl/α,β-unsaturated/α-hetero) is 2. The van der Waals surface area contributed by atoms with Crippen molar-refractivity contribution in [3.05, 3.63) is 0 Å². The second kappa shape index (κ2) is 6.97. The smallest absolute Gasteiger partial charge is 0.170 e. The van der Waals surface area contributed by atoms with E-state index in [0.29, 0.717) is 44.4 Å². The lowest BCUT2D eigenvalue weighted by Crippen LogP contribution is -2.41. The summed E-state index contributed by atoms with van der Waals surface area (Å²) in [4.78, 5) is 22.1. The molecule has 0 aromatic rings. The quantitative estimate of drug-likeness (QED) is 0.718. The van der Waals surface area contributed by atoms with Gasteiger partial charge in [-0.2, -0.15) is 0 Å². The van der Waals surface area contributed by atoms with Gasteiger partial charge in [0.1, 0.15) is 0 Å². The zero-order chi connectivity index (χ0) is 16.3. The van der Waals surface area contributed by atoms with Crippen molar-refractivity contribution in [2.75, 3.05) is 0 Å². The van der Waals surface area contributed by atoms with E-state index in [1.54, 1.807) is 0 Å². The van der Waals surface area contributed by atoms with Crippen molar-refractivity contribution in [1.29, 1.82) is 0 Å². The van der Waals surface area contributed by atoms with Crippen LogP contribution < -0.4 is 0 Å². The summed E-state index contributed by atoms with van der Waals surface area (Å²) in [5.74, 6) is 0.206. The van der Waals surface area contributed by atoms with Crippen LogP contribution in [-0.2, 0) is 9.59 Å². The van der Waals surface area contributed by atoms with Crippen LogP contribution in [0.25, 0.3) is 0 Å². The molecule has 0 aliphatic heterocycles. The number of halogens is 2. The maximum absolute atomic E-state index is 13.3.